The first-order valence-electron chi connectivity index (χ1n) is 13.0. The van der Waals surface area contributed by atoms with Gasteiger partial charge in [-0.1, -0.05) is 56.3 Å². The molecule has 3 atom stereocenters. The molecule has 2 amide bonds. The number of nitrogens with zero attached hydrogens (tertiary/aromatic N) is 2. The van der Waals surface area contributed by atoms with E-state index in [1.807, 2.05) is 42.5 Å². The minimum absolute atomic E-state index is 0.0375. The molecule has 2 aromatic carbocycles. The Bertz CT molecular complexity index is 1260. The lowest BCUT2D eigenvalue weighted by Crippen LogP contribution is -2.53. The summed E-state index contributed by atoms with van der Waals surface area (Å²) in [6.45, 7) is 4.23. The Morgan fingerprint density at radius 3 is 2.26 bits per heavy atom. The second-order valence-electron chi connectivity index (χ2n) is 11.1. The molecule has 0 bridgehead atoms. The summed E-state index contributed by atoms with van der Waals surface area (Å²) in [6.07, 6.45) is 2.48. The van der Waals surface area contributed by atoms with Crippen LogP contribution in [-0.2, 0) is 11.2 Å². The molecule has 1 heterocycles. The van der Waals surface area contributed by atoms with E-state index in [4.69, 9.17) is 0 Å². The third-order valence-corrected chi connectivity index (χ3v) is 7.78. The van der Waals surface area contributed by atoms with Crippen LogP contribution in [0.3, 0.4) is 0 Å². The third-order valence-electron chi connectivity index (χ3n) is 7.78. The van der Waals surface area contributed by atoms with Crippen molar-refractivity contribution in [2.45, 2.75) is 70.1 Å². The highest BCUT2D eigenvalue weighted by molar-refractivity contribution is 5.94. The maximum absolute atomic E-state index is 13.2. The average molecular weight is 521 g/mol. The van der Waals surface area contributed by atoms with Gasteiger partial charge in [0.1, 0.15) is 5.69 Å². The van der Waals surface area contributed by atoms with Crippen molar-refractivity contribution in [2.75, 3.05) is 0 Å². The lowest BCUT2D eigenvalue weighted by atomic mass is 9.65. The maximum Gasteiger partial charge on any atom is 0.271 e. The molecule has 0 saturated heterocycles. The lowest BCUT2D eigenvalue weighted by molar-refractivity contribution is -0.151. The molecule has 38 heavy (non-hydrogen) atoms. The van der Waals surface area contributed by atoms with Crippen molar-refractivity contribution in [3.05, 3.63) is 72.1 Å². The molecule has 1 fully saturated rings. The van der Waals surface area contributed by atoms with Crippen molar-refractivity contribution in [1.82, 2.24) is 20.8 Å². The number of amides is 2. The lowest BCUT2D eigenvalue weighted by Gasteiger charge is -2.44. The Kier molecular flexibility index (Phi) is 8.40. The number of hydrogen-bond acceptors (Lipinski definition) is 7. The summed E-state index contributed by atoms with van der Waals surface area (Å²) in [4.78, 5) is 34.6. The summed E-state index contributed by atoms with van der Waals surface area (Å²) in [5.74, 6) is -2.32. The van der Waals surface area contributed by atoms with Gasteiger partial charge in [0, 0.05) is 0 Å². The molecular weight excluding hydrogens is 484 g/mol. The summed E-state index contributed by atoms with van der Waals surface area (Å²) in [5, 5.41) is 35.1. The van der Waals surface area contributed by atoms with Gasteiger partial charge in [-0.15, -0.1) is 0 Å². The number of hydroxylamine groups is 1. The van der Waals surface area contributed by atoms with Gasteiger partial charge in [0.2, 0.25) is 5.91 Å². The van der Waals surface area contributed by atoms with Gasteiger partial charge in [-0.25, -0.2) is 10.5 Å². The number of para-hydroxylation sites is 2. The number of rotatable bonds is 9. The summed E-state index contributed by atoms with van der Waals surface area (Å²) < 4.78 is 0. The van der Waals surface area contributed by atoms with Crippen LogP contribution in [0.1, 0.15) is 62.0 Å². The van der Waals surface area contributed by atoms with E-state index in [0.29, 0.717) is 36.7 Å². The molecule has 1 aromatic heterocycles. The Morgan fingerprint density at radius 1 is 0.974 bits per heavy atom. The molecule has 0 radical (unpaired) electrons. The number of benzene rings is 2. The zero-order chi connectivity index (χ0) is 27.3. The fraction of sp³-hybridized carbons (Fsp3) is 0.448. The smallest absolute Gasteiger partial charge is 0.271 e. The predicted molar refractivity (Wildman–Crippen MR) is 142 cm³/mol. The molecule has 0 aliphatic heterocycles. The molecule has 1 saturated carbocycles. The number of hydrogen-bond donors (Lipinski definition) is 5. The average Bonchev–Trinajstić information content (AvgIpc) is 2.92. The highest BCUT2D eigenvalue weighted by Gasteiger charge is 2.47. The molecule has 1 aliphatic carbocycles. The van der Waals surface area contributed by atoms with E-state index < -0.39 is 35.5 Å². The number of nitrogens with one attached hydrogen (secondary N) is 2. The van der Waals surface area contributed by atoms with Crippen molar-refractivity contribution in [1.29, 1.82) is 0 Å². The van der Waals surface area contributed by atoms with E-state index in [1.54, 1.807) is 17.6 Å². The third kappa shape index (κ3) is 6.53. The van der Waals surface area contributed by atoms with Crippen molar-refractivity contribution >= 4 is 22.8 Å². The van der Waals surface area contributed by atoms with Gasteiger partial charge in [0.25, 0.3) is 5.91 Å². The van der Waals surface area contributed by atoms with Crippen LogP contribution >= 0.6 is 0 Å². The number of carbonyl (C=O) groups excluding carboxylic acids is 2. The van der Waals surface area contributed by atoms with Gasteiger partial charge in [-0.05, 0) is 61.6 Å². The zero-order valence-electron chi connectivity index (χ0n) is 21.8. The molecule has 9 nitrogen and oxygen atoms in total. The quantitative estimate of drug-likeness (QED) is 0.215. The fourth-order valence-electron chi connectivity index (χ4n) is 5.22. The van der Waals surface area contributed by atoms with Crippen LogP contribution in [0.4, 0.5) is 0 Å². The van der Waals surface area contributed by atoms with Crippen LogP contribution in [0, 0.1) is 11.3 Å². The maximum atomic E-state index is 13.2. The second-order valence-corrected chi connectivity index (χ2v) is 11.1. The van der Waals surface area contributed by atoms with Gasteiger partial charge in [0.05, 0.1) is 40.9 Å². The molecule has 202 valence electrons. The molecule has 0 unspecified atom stereocenters. The van der Waals surface area contributed by atoms with Crippen LogP contribution in [-0.4, -0.2) is 54.9 Å². The number of aliphatic hydroxyl groups is 2. The minimum Gasteiger partial charge on any atom is -0.391 e. The second kappa shape index (κ2) is 11.6. The summed E-state index contributed by atoms with van der Waals surface area (Å²) in [6, 6.07) is 15.8. The van der Waals surface area contributed by atoms with Crippen LogP contribution < -0.4 is 10.8 Å². The van der Waals surface area contributed by atoms with Gasteiger partial charge in [-0.2, -0.15) is 0 Å². The van der Waals surface area contributed by atoms with Crippen LogP contribution in [0.15, 0.2) is 60.8 Å². The first-order valence-corrected chi connectivity index (χ1v) is 13.0. The van der Waals surface area contributed by atoms with E-state index in [2.05, 4.69) is 29.1 Å². The zero-order valence-corrected chi connectivity index (χ0v) is 21.8. The monoisotopic (exact) mass is 520 g/mol. The van der Waals surface area contributed by atoms with E-state index in [1.165, 1.54) is 6.20 Å². The van der Waals surface area contributed by atoms with Crippen LogP contribution in [0.5, 0.6) is 0 Å². The molecule has 1 aliphatic rings. The highest BCUT2D eigenvalue weighted by atomic mass is 16.5. The number of fused-ring (bicyclic) bond motifs is 1. The van der Waals surface area contributed by atoms with Gasteiger partial charge in [0.15, 0.2) is 0 Å². The first kappa shape index (κ1) is 27.6. The van der Waals surface area contributed by atoms with Crippen molar-refractivity contribution in [3.8, 4) is 0 Å². The first-order chi connectivity index (χ1) is 18.1. The summed E-state index contributed by atoms with van der Waals surface area (Å²) in [5.41, 5.74) is 2.54. The Hall–Kier alpha value is -3.40. The Balaban J connectivity index is 1.57. The Labute approximate surface area is 222 Å². The van der Waals surface area contributed by atoms with E-state index in [-0.39, 0.29) is 24.0 Å². The fourth-order valence-corrected chi connectivity index (χ4v) is 5.22. The molecular formula is C29H36N4O5. The Morgan fingerprint density at radius 2 is 1.61 bits per heavy atom. The topological polar surface area (TPSA) is 145 Å². The summed E-state index contributed by atoms with van der Waals surface area (Å²) in [7, 11) is 0. The molecule has 5 N–H and O–H groups in total. The minimum atomic E-state index is -1.38. The SMILES string of the molecule is CC1(C)CCC(O)([C@H](C[C@H](O)[C@H](Cc2ccccc2)NC(=O)c2cnc3ccccc3n2)C(=O)NO)CC1. The van der Waals surface area contributed by atoms with Gasteiger partial charge < -0.3 is 15.5 Å². The molecule has 3 aromatic rings. The normalized spacial score (nSPS) is 18.8. The predicted octanol–water partition coefficient (Wildman–Crippen LogP) is 3.17. The van der Waals surface area contributed by atoms with Gasteiger partial charge >= 0.3 is 0 Å². The van der Waals surface area contributed by atoms with Crippen molar-refractivity contribution in [3.63, 3.8) is 0 Å². The van der Waals surface area contributed by atoms with Crippen molar-refractivity contribution in [2.24, 2.45) is 11.3 Å². The standard InChI is InChI=1S/C29H36N4O5/c1-28(2)12-14-29(37,15-13-28)20(26(35)33-38)17-25(34)23(16-19-8-4-3-5-9-19)32-27(36)24-18-30-21-10-6-7-11-22(21)31-24/h3-11,18,20,23,25,34,37-38H,12-17H2,1-2H3,(H,32,36)(H,33,35)/t20-,23+,25+/m1/s1. The van der Waals surface area contributed by atoms with E-state index in [9.17, 15) is 25.0 Å². The van der Waals surface area contributed by atoms with Gasteiger partial charge in [-0.3, -0.25) is 19.8 Å². The molecule has 0 spiro atoms. The van der Waals surface area contributed by atoms with Crippen molar-refractivity contribution < 1.29 is 25.0 Å². The number of aliphatic hydroxyl groups excluding tert-OH is 1. The van der Waals surface area contributed by atoms with E-state index >= 15 is 0 Å². The molecule has 4 rings (SSSR count). The summed E-state index contributed by atoms with van der Waals surface area (Å²) >= 11 is 0. The number of carbonyl (C=O) groups is 2. The van der Waals surface area contributed by atoms with E-state index in [0.717, 1.165) is 5.56 Å². The van der Waals surface area contributed by atoms with Crippen LogP contribution in [0.2, 0.25) is 0 Å². The highest BCUT2D eigenvalue weighted by Crippen LogP contribution is 2.44. The van der Waals surface area contributed by atoms with Crippen LogP contribution in [0.25, 0.3) is 11.0 Å². The molecule has 9 heteroatoms. The number of aromatic nitrogens is 2. The largest absolute Gasteiger partial charge is 0.391 e.